The highest BCUT2D eigenvalue weighted by Gasteiger charge is 2.19. The van der Waals surface area contributed by atoms with E-state index in [-0.39, 0.29) is 4.90 Å². The molecule has 174 valence electrons. The number of aromatic nitrogens is 4. The molecule has 0 aliphatic carbocycles. The fourth-order valence-corrected chi connectivity index (χ4v) is 5.83. The highest BCUT2D eigenvalue weighted by molar-refractivity contribution is 8.00. The molecule has 0 radical (unpaired) electrons. The van der Waals surface area contributed by atoms with Crippen molar-refractivity contribution < 1.29 is 13.2 Å². The Labute approximate surface area is 202 Å². The van der Waals surface area contributed by atoms with Crippen molar-refractivity contribution in [3.8, 4) is 11.3 Å². The molecule has 0 amide bonds. The largest absolute Gasteiger partial charge is 0.381 e. The molecule has 0 unspecified atom stereocenters. The molecule has 1 aliphatic heterocycles. The van der Waals surface area contributed by atoms with Crippen LogP contribution in [0, 0.1) is 6.92 Å². The minimum Gasteiger partial charge on any atom is -0.381 e. The Bertz CT molecular complexity index is 1420. The Kier molecular flexibility index (Phi) is 6.44. The molecule has 1 N–H and O–H groups in total. The number of hydrogen-bond acceptors (Lipinski definition) is 8. The highest BCUT2D eigenvalue weighted by atomic mass is 32.2. The lowest BCUT2D eigenvalue weighted by molar-refractivity contribution is 0.1000. The zero-order valence-electron chi connectivity index (χ0n) is 18.5. The van der Waals surface area contributed by atoms with Crippen molar-refractivity contribution in [2.75, 3.05) is 17.9 Å². The van der Waals surface area contributed by atoms with Crippen molar-refractivity contribution in [3.05, 3.63) is 66.7 Å². The predicted molar refractivity (Wildman–Crippen MR) is 132 cm³/mol. The maximum absolute atomic E-state index is 12.8. The van der Waals surface area contributed by atoms with Gasteiger partial charge in [-0.05, 0) is 50.1 Å². The molecule has 4 heterocycles. The van der Waals surface area contributed by atoms with Crippen LogP contribution in [0.15, 0.2) is 71.1 Å². The first-order chi connectivity index (χ1) is 16.5. The summed E-state index contributed by atoms with van der Waals surface area (Å²) < 4.78 is 33.6. The van der Waals surface area contributed by atoms with Gasteiger partial charge in [0.05, 0.1) is 28.0 Å². The number of anilines is 1. The lowest BCUT2D eigenvalue weighted by atomic mass is 10.1. The number of aryl methyl sites for hydroxylation is 1. The molecule has 34 heavy (non-hydrogen) atoms. The second kappa shape index (κ2) is 9.65. The van der Waals surface area contributed by atoms with Crippen molar-refractivity contribution in [1.82, 2.24) is 19.9 Å². The molecule has 10 heteroatoms. The van der Waals surface area contributed by atoms with E-state index in [1.165, 1.54) is 6.20 Å². The van der Waals surface area contributed by atoms with Crippen LogP contribution in [0.3, 0.4) is 0 Å². The molecule has 0 bridgehead atoms. The van der Waals surface area contributed by atoms with Gasteiger partial charge in [-0.25, -0.2) is 23.4 Å². The first-order valence-electron chi connectivity index (χ1n) is 10.9. The van der Waals surface area contributed by atoms with Crippen LogP contribution < -0.4 is 4.72 Å². The van der Waals surface area contributed by atoms with E-state index in [0.29, 0.717) is 22.2 Å². The van der Waals surface area contributed by atoms with Crippen molar-refractivity contribution in [2.24, 2.45) is 0 Å². The zero-order valence-corrected chi connectivity index (χ0v) is 20.1. The number of thioether (sulfide) groups is 1. The van der Waals surface area contributed by atoms with Crippen molar-refractivity contribution in [2.45, 2.75) is 34.9 Å². The Morgan fingerprint density at radius 1 is 1.03 bits per heavy atom. The van der Waals surface area contributed by atoms with Crippen LogP contribution in [0.5, 0.6) is 0 Å². The van der Waals surface area contributed by atoms with Gasteiger partial charge in [-0.15, -0.1) is 11.8 Å². The molecular formula is C24H23N5O3S2. The van der Waals surface area contributed by atoms with Gasteiger partial charge in [-0.1, -0.05) is 17.7 Å². The number of sulfonamides is 1. The first kappa shape index (κ1) is 22.7. The summed E-state index contributed by atoms with van der Waals surface area (Å²) in [5.41, 5.74) is 4.20. The molecule has 1 fully saturated rings. The van der Waals surface area contributed by atoms with E-state index in [1.807, 2.05) is 19.1 Å². The fraction of sp³-hybridized carbons (Fsp3) is 0.250. The van der Waals surface area contributed by atoms with E-state index in [0.717, 1.165) is 47.7 Å². The van der Waals surface area contributed by atoms with Crippen LogP contribution in [-0.2, 0) is 14.8 Å². The number of fused-ring (bicyclic) bond motifs is 1. The molecule has 1 aliphatic rings. The average molecular weight is 494 g/mol. The van der Waals surface area contributed by atoms with Gasteiger partial charge in [-0.3, -0.25) is 9.71 Å². The first-order valence-corrected chi connectivity index (χ1v) is 13.3. The zero-order chi connectivity index (χ0) is 23.5. The summed E-state index contributed by atoms with van der Waals surface area (Å²) in [6.07, 6.45) is 6.65. The second-order valence-electron chi connectivity index (χ2n) is 8.05. The topological polar surface area (TPSA) is 107 Å². The smallest absolute Gasteiger partial charge is 0.261 e. The molecule has 0 spiro atoms. The third-order valence-electron chi connectivity index (χ3n) is 5.51. The second-order valence-corrected chi connectivity index (χ2v) is 11.0. The molecule has 1 aromatic carbocycles. The molecule has 8 nitrogen and oxygen atoms in total. The van der Waals surface area contributed by atoms with E-state index < -0.39 is 10.0 Å². The lowest BCUT2D eigenvalue weighted by Crippen LogP contribution is -2.17. The van der Waals surface area contributed by atoms with E-state index in [9.17, 15) is 8.42 Å². The van der Waals surface area contributed by atoms with Gasteiger partial charge in [0.1, 0.15) is 16.9 Å². The van der Waals surface area contributed by atoms with Crippen LogP contribution in [0.4, 0.5) is 5.69 Å². The number of ether oxygens (including phenoxy) is 1. The van der Waals surface area contributed by atoms with Crippen molar-refractivity contribution in [3.63, 3.8) is 0 Å². The number of benzene rings is 1. The summed E-state index contributed by atoms with van der Waals surface area (Å²) in [5.74, 6) is 0. The monoisotopic (exact) mass is 493 g/mol. The summed E-state index contributed by atoms with van der Waals surface area (Å²) in [5, 5.41) is 1.27. The van der Waals surface area contributed by atoms with E-state index >= 15 is 0 Å². The number of rotatable bonds is 6. The van der Waals surface area contributed by atoms with Gasteiger partial charge in [0, 0.05) is 30.2 Å². The predicted octanol–water partition coefficient (Wildman–Crippen LogP) is 4.47. The Balaban J connectivity index is 1.44. The summed E-state index contributed by atoms with van der Waals surface area (Å²) in [6.45, 7) is 3.43. The lowest BCUT2D eigenvalue weighted by Gasteiger charge is -2.21. The third kappa shape index (κ3) is 5.03. The molecule has 1 saturated heterocycles. The van der Waals surface area contributed by atoms with Crippen LogP contribution in [-0.4, -0.2) is 46.8 Å². The van der Waals surface area contributed by atoms with Crippen LogP contribution in [0.25, 0.3) is 22.3 Å². The maximum atomic E-state index is 12.8. The maximum Gasteiger partial charge on any atom is 0.261 e. The summed E-state index contributed by atoms with van der Waals surface area (Å²) >= 11 is 1.71. The van der Waals surface area contributed by atoms with Gasteiger partial charge in [0.2, 0.25) is 0 Å². The molecule has 0 saturated carbocycles. The minimum atomic E-state index is -3.73. The molecular weight excluding hydrogens is 470 g/mol. The van der Waals surface area contributed by atoms with Gasteiger partial charge >= 0.3 is 0 Å². The highest BCUT2D eigenvalue weighted by Crippen LogP contribution is 2.33. The average Bonchev–Trinajstić information content (AvgIpc) is 2.85. The number of nitrogens with zero attached hydrogens (tertiary/aromatic N) is 4. The molecule has 4 aromatic rings. The molecule has 0 atom stereocenters. The number of nitrogens with one attached hydrogen (secondary N) is 1. The van der Waals surface area contributed by atoms with Gasteiger partial charge in [0.25, 0.3) is 10.0 Å². The fourth-order valence-electron chi connectivity index (χ4n) is 3.68. The van der Waals surface area contributed by atoms with Gasteiger partial charge in [-0.2, -0.15) is 0 Å². The quantitative estimate of drug-likeness (QED) is 0.392. The van der Waals surface area contributed by atoms with E-state index in [2.05, 4.69) is 19.7 Å². The van der Waals surface area contributed by atoms with Crippen molar-refractivity contribution >= 4 is 38.5 Å². The number of pyridine rings is 2. The minimum absolute atomic E-state index is 0.194. The van der Waals surface area contributed by atoms with Crippen molar-refractivity contribution in [1.29, 1.82) is 0 Å². The third-order valence-corrected chi connectivity index (χ3v) is 8.24. The van der Waals surface area contributed by atoms with E-state index in [1.54, 1.807) is 54.6 Å². The Morgan fingerprint density at radius 2 is 1.82 bits per heavy atom. The standard InChI is InChI=1S/C24H23N5O3S2/c1-16-2-4-20(5-3-16)34(30,31)29-18-12-17(13-25-14-18)21-6-7-22-23(28-21)24(27-15-26-22)33-19-8-10-32-11-9-19/h2-7,12-15,19,29H,8-11H2,1H3. The van der Waals surface area contributed by atoms with Gasteiger partial charge in [0.15, 0.2) is 0 Å². The molecule has 5 rings (SSSR count). The number of hydrogen-bond donors (Lipinski definition) is 1. The van der Waals surface area contributed by atoms with Crippen LogP contribution in [0.2, 0.25) is 0 Å². The summed E-state index contributed by atoms with van der Waals surface area (Å²) in [6, 6.07) is 12.2. The Morgan fingerprint density at radius 3 is 2.62 bits per heavy atom. The summed E-state index contributed by atoms with van der Waals surface area (Å²) in [4.78, 5) is 18.1. The van der Waals surface area contributed by atoms with Crippen LogP contribution in [0.1, 0.15) is 18.4 Å². The summed E-state index contributed by atoms with van der Waals surface area (Å²) in [7, 11) is -3.73. The normalized spacial score (nSPS) is 14.9. The van der Waals surface area contributed by atoms with Crippen LogP contribution >= 0.6 is 11.8 Å². The molecule has 3 aromatic heterocycles. The van der Waals surface area contributed by atoms with Gasteiger partial charge < -0.3 is 4.74 Å². The SMILES string of the molecule is Cc1ccc(S(=O)(=O)Nc2cncc(-c3ccc4ncnc(SC5CCOCC5)c4n3)c2)cc1. The van der Waals surface area contributed by atoms with E-state index in [4.69, 9.17) is 9.72 Å². The Hall–Kier alpha value is -3.08.